The molecule has 30 heavy (non-hydrogen) atoms. The fourth-order valence-electron chi connectivity index (χ4n) is 3.99. The molecule has 1 aliphatic heterocycles. The molecule has 0 spiro atoms. The van der Waals surface area contributed by atoms with Gasteiger partial charge in [0.1, 0.15) is 0 Å². The summed E-state index contributed by atoms with van der Waals surface area (Å²) in [4.78, 5) is 13.1. The van der Waals surface area contributed by atoms with E-state index in [2.05, 4.69) is 31.3 Å². The number of amides is 1. The second-order valence-corrected chi connectivity index (χ2v) is 10.6. The quantitative estimate of drug-likeness (QED) is 0.729. The van der Waals surface area contributed by atoms with Crippen molar-refractivity contribution in [3.63, 3.8) is 0 Å². The first-order valence-electron chi connectivity index (χ1n) is 10.2. The van der Waals surface area contributed by atoms with Gasteiger partial charge in [-0.25, -0.2) is 8.42 Å². The third-order valence-electron chi connectivity index (χ3n) is 5.91. The van der Waals surface area contributed by atoms with Gasteiger partial charge in [-0.15, -0.1) is 0 Å². The van der Waals surface area contributed by atoms with Gasteiger partial charge in [-0.3, -0.25) is 4.79 Å². The summed E-state index contributed by atoms with van der Waals surface area (Å²) in [6.45, 7) is 8.77. The van der Waals surface area contributed by atoms with Crippen LogP contribution in [-0.2, 0) is 14.8 Å². The van der Waals surface area contributed by atoms with Gasteiger partial charge in [0.2, 0.25) is 15.9 Å². The van der Waals surface area contributed by atoms with Gasteiger partial charge in [0.15, 0.2) is 0 Å². The molecular weight excluding hydrogens is 420 g/mol. The van der Waals surface area contributed by atoms with Gasteiger partial charge in [-0.05, 0) is 87.1 Å². The van der Waals surface area contributed by atoms with E-state index >= 15 is 0 Å². The highest BCUT2D eigenvalue weighted by atomic mass is 35.5. The number of nitrogens with one attached hydrogen (secondary N) is 1. The molecule has 0 radical (unpaired) electrons. The van der Waals surface area contributed by atoms with Crippen molar-refractivity contribution in [3.8, 4) is 0 Å². The maximum atomic E-state index is 13.0. The monoisotopic (exact) mass is 448 g/mol. The fourth-order valence-corrected chi connectivity index (χ4v) is 5.64. The second kappa shape index (κ2) is 9.08. The number of rotatable bonds is 5. The van der Waals surface area contributed by atoms with E-state index in [4.69, 9.17) is 11.6 Å². The summed E-state index contributed by atoms with van der Waals surface area (Å²) in [7, 11) is -3.65. The molecule has 1 saturated heterocycles. The average Bonchev–Trinajstić information content (AvgIpc) is 2.71. The minimum atomic E-state index is -3.65. The number of sulfonamides is 1. The molecular formula is C23H29ClN2O3S. The molecule has 7 heteroatoms. The third-order valence-corrected chi connectivity index (χ3v) is 8.05. The summed E-state index contributed by atoms with van der Waals surface area (Å²) < 4.78 is 27.4. The standard InChI is InChI=1S/C23H29ClN2O3S/c1-15-12-17(3)22(13-16(15)2)18(4)25-23(27)19-6-5-11-26(14-19)30(28,29)21-9-7-20(24)8-10-21/h7-10,12-13,18-19H,5-6,11,14H2,1-4H3,(H,25,27). The topological polar surface area (TPSA) is 66.5 Å². The lowest BCUT2D eigenvalue weighted by Crippen LogP contribution is -2.45. The number of carbonyl (C=O) groups excluding carboxylic acids is 1. The average molecular weight is 449 g/mol. The maximum Gasteiger partial charge on any atom is 0.243 e. The van der Waals surface area contributed by atoms with Gasteiger partial charge in [-0.1, -0.05) is 23.7 Å². The Balaban J connectivity index is 1.71. The van der Waals surface area contributed by atoms with E-state index in [1.165, 1.54) is 27.6 Å². The Labute approximate surface area is 184 Å². The Kier molecular flexibility index (Phi) is 6.90. The van der Waals surface area contributed by atoms with Crippen molar-refractivity contribution in [2.24, 2.45) is 5.92 Å². The molecule has 1 amide bonds. The van der Waals surface area contributed by atoms with Crippen LogP contribution in [0.3, 0.4) is 0 Å². The number of piperidine rings is 1. The molecule has 3 rings (SSSR count). The van der Waals surface area contributed by atoms with E-state index in [-0.39, 0.29) is 29.3 Å². The lowest BCUT2D eigenvalue weighted by atomic mass is 9.95. The molecule has 0 saturated carbocycles. The van der Waals surface area contributed by atoms with E-state index < -0.39 is 10.0 Å². The van der Waals surface area contributed by atoms with Crippen molar-refractivity contribution in [1.82, 2.24) is 9.62 Å². The molecule has 2 unspecified atom stereocenters. The van der Waals surface area contributed by atoms with Gasteiger partial charge in [-0.2, -0.15) is 4.31 Å². The molecule has 5 nitrogen and oxygen atoms in total. The van der Waals surface area contributed by atoms with Gasteiger partial charge in [0.25, 0.3) is 0 Å². The zero-order valence-corrected chi connectivity index (χ0v) is 19.5. The lowest BCUT2D eigenvalue weighted by molar-refractivity contribution is -0.126. The Morgan fingerprint density at radius 2 is 1.73 bits per heavy atom. The highest BCUT2D eigenvalue weighted by Crippen LogP contribution is 2.26. The molecule has 2 aromatic rings. The van der Waals surface area contributed by atoms with Crippen LogP contribution in [0.1, 0.15) is 48.1 Å². The van der Waals surface area contributed by atoms with Gasteiger partial charge in [0, 0.05) is 18.1 Å². The van der Waals surface area contributed by atoms with Crippen LogP contribution in [0, 0.1) is 26.7 Å². The van der Waals surface area contributed by atoms with Gasteiger partial charge >= 0.3 is 0 Å². The number of benzene rings is 2. The fraction of sp³-hybridized carbons (Fsp3) is 0.435. The van der Waals surface area contributed by atoms with E-state index in [0.717, 1.165) is 11.1 Å². The molecule has 0 aromatic heterocycles. The first-order chi connectivity index (χ1) is 14.1. The Morgan fingerprint density at radius 1 is 1.10 bits per heavy atom. The van der Waals surface area contributed by atoms with Gasteiger partial charge in [0.05, 0.1) is 16.9 Å². The normalized spacial score (nSPS) is 18.8. The molecule has 2 atom stereocenters. The molecule has 1 heterocycles. The van der Waals surface area contributed by atoms with Crippen LogP contribution >= 0.6 is 11.6 Å². The van der Waals surface area contributed by atoms with E-state index in [0.29, 0.717) is 24.4 Å². The van der Waals surface area contributed by atoms with E-state index in [9.17, 15) is 13.2 Å². The van der Waals surface area contributed by atoms with Crippen LogP contribution < -0.4 is 5.32 Å². The van der Waals surface area contributed by atoms with Crippen LogP contribution in [0.2, 0.25) is 5.02 Å². The van der Waals surface area contributed by atoms with Crippen LogP contribution in [0.4, 0.5) is 0 Å². The molecule has 0 aliphatic carbocycles. The minimum absolute atomic E-state index is 0.101. The first-order valence-corrected chi connectivity index (χ1v) is 12.0. The Hall–Kier alpha value is -1.89. The van der Waals surface area contributed by atoms with Crippen molar-refractivity contribution in [2.75, 3.05) is 13.1 Å². The maximum absolute atomic E-state index is 13.0. The summed E-state index contributed by atoms with van der Waals surface area (Å²) in [6.07, 6.45) is 1.33. The summed E-state index contributed by atoms with van der Waals surface area (Å²) >= 11 is 5.88. The predicted octanol–water partition coefficient (Wildman–Crippen LogP) is 4.54. The number of carbonyl (C=O) groups is 1. The zero-order chi connectivity index (χ0) is 22.1. The summed E-state index contributed by atoms with van der Waals surface area (Å²) in [6, 6.07) is 10.3. The number of hydrogen-bond acceptors (Lipinski definition) is 3. The summed E-state index contributed by atoms with van der Waals surface area (Å²) in [5.74, 6) is -0.466. The Morgan fingerprint density at radius 3 is 2.40 bits per heavy atom. The molecule has 162 valence electrons. The first kappa shape index (κ1) is 22.8. The van der Waals surface area contributed by atoms with E-state index in [1.54, 1.807) is 12.1 Å². The Bertz CT molecular complexity index is 1040. The van der Waals surface area contributed by atoms with Crippen molar-refractivity contribution >= 4 is 27.5 Å². The largest absolute Gasteiger partial charge is 0.349 e. The second-order valence-electron chi connectivity index (χ2n) is 8.18. The minimum Gasteiger partial charge on any atom is -0.349 e. The van der Waals surface area contributed by atoms with Crippen LogP contribution in [0.25, 0.3) is 0 Å². The lowest BCUT2D eigenvalue weighted by Gasteiger charge is -2.32. The van der Waals surface area contributed by atoms with E-state index in [1.807, 2.05) is 13.8 Å². The molecule has 1 aliphatic rings. The number of aryl methyl sites for hydroxylation is 3. The van der Waals surface area contributed by atoms with Crippen molar-refractivity contribution in [2.45, 2.75) is 51.5 Å². The molecule has 0 bridgehead atoms. The summed E-state index contributed by atoms with van der Waals surface area (Å²) in [5.41, 5.74) is 4.65. The summed E-state index contributed by atoms with van der Waals surface area (Å²) in [5, 5.41) is 3.58. The number of halogens is 1. The predicted molar refractivity (Wildman–Crippen MR) is 120 cm³/mol. The molecule has 1 fully saturated rings. The SMILES string of the molecule is Cc1cc(C)c(C(C)NC(=O)C2CCCN(S(=O)(=O)c3ccc(Cl)cc3)C2)cc1C. The molecule has 1 N–H and O–H groups in total. The van der Waals surface area contributed by atoms with Crippen molar-refractivity contribution in [3.05, 3.63) is 63.7 Å². The number of hydrogen-bond donors (Lipinski definition) is 1. The van der Waals surface area contributed by atoms with Crippen LogP contribution in [0.15, 0.2) is 41.3 Å². The van der Waals surface area contributed by atoms with Gasteiger partial charge < -0.3 is 5.32 Å². The van der Waals surface area contributed by atoms with Crippen LogP contribution in [0.5, 0.6) is 0 Å². The van der Waals surface area contributed by atoms with Crippen LogP contribution in [-0.4, -0.2) is 31.7 Å². The van der Waals surface area contributed by atoms with Crippen molar-refractivity contribution in [1.29, 1.82) is 0 Å². The number of nitrogens with zero attached hydrogens (tertiary/aromatic N) is 1. The zero-order valence-electron chi connectivity index (χ0n) is 17.9. The molecule has 2 aromatic carbocycles. The van der Waals surface area contributed by atoms with Crippen molar-refractivity contribution < 1.29 is 13.2 Å². The third kappa shape index (κ3) is 4.88. The highest BCUT2D eigenvalue weighted by Gasteiger charge is 2.33. The highest BCUT2D eigenvalue weighted by molar-refractivity contribution is 7.89. The smallest absolute Gasteiger partial charge is 0.243 e.